The van der Waals surface area contributed by atoms with Crippen LogP contribution >= 0.6 is 0 Å². The van der Waals surface area contributed by atoms with E-state index in [0.29, 0.717) is 13.1 Å². The molecule has 6 nitrogen and oxygen atoms in total. The molecule has 0 saturated carbocycles. The Kier molecular flexibility index (Phi) is 7.03. The maximum atomic E-state index is 12.5. The number of para-hydroxylation sites is 1. The molecule has 0 radical (unpaired) electrons. The SMILES string of the molecule is COc1ccc(CN(CC[C@H](c2ccc3c(c2)OCO3)c2ccccc2OC)C(C)=O)cc1. The van der Waals surface area contributed by atoms with Gasteiger partial charge in [0.1, 0.15) is 11.5 Å². The molecule has 0 aromatic heterocycles. The van der Waals surface area contributed by atoms with Gasteiger partial charge in [0, 0.05) is 31.5 Å². The van der Waals surface area contributed by atoms with Crippen LogP contribution < -0.4 is 18.9 Å². The molecular formula is C27H29NO5. The standard InChI is InChI=1S/C27H29NO5/c1-19(29)28(17-20-8-11-22(30-2)12-9-20)15-14-23(24-6-4-5-7-25(24)31-3)21-10-13-26-27(16-21)33-18-32-26/h4-13,16,23H,14-15,17-18H2,1-3H3/t23-/m1/s1. The molecule has 1 aliphatic heterocycles. The number of fused-ring (bicyclic) bond motifs is 1. The monoisotopic (exact) mass is 447 g/mol. The van der Waals surface area contributed by atoms with Crippen molar-refractivity contribution in [3.63, 3.8) is 0 Å². The summed E-state index contributed by atoms with van der Waals surface area (Å²) >= 11 is 0. The lowest BCUT2D eigenvalue weighted by molar-refractivity contribution is -0.129. The number of nitrogens with zero attached hydrogens (tertiary/aromatic N) is 1. The lowest BCUT2D eigenvalue weighted by Crippen LogP contribution is -2.30. The van der Waals surface area contributed by atoms with Crippen molar-refractivity contribution in [3.8, 4) is 23.0 Å². The summed E-state index contributed by atoms with van der Waals surface area (Å²) in [7, 11) is 3.33. The smallest absolute Gasteiger partial charge is 0.231 e. The molecule has 0 bridgehead atoms. The highest BCUT2D eigenvalue weighted by molar-refractivity contribution is 5.73. The van der Waals surface area contributed by atoms with E-state index < -0.39 is 0 Å². The van der Waals surface area contributed by atoms with Crippen molar-refractivity contribution in [2.45, 2.75) is 25.8 Å². The van der Waals surface area contributed by atoms with E-state index in [4.69, 9.17) is 18.9 Å². The zero-order chi connectivity index (χ0) is 23.2. The average molecular weight is 448 g/mol. The van der Waals surface area contributed by atoms with Crippen LogP contribution in [0.25, 0.3) is 0 Å². The summed E-state index contributed by atoms with van der Waals surface area (Å²) in [6, 6.07) is 21.9. The molecular weight excluding hydrogens is 418 g/mol. The molecule has 0 aliphatic carbocycles. The van der Waals surface area contributed by atoms with Crippen molar-refractivity contribution >= 4 is 5.91 Å². The number of rotatable bonds is 9. The molecule has 0 spiro atoms. The zero-order valence-electron chi connectivity index (χ0n) is 19.2. The largest absolute Gasteiger partial charge is 0.497 e. The molecule has 33 heavy (non-hydrogen) atoms. The summed E-state index contributed by atoms with van der Waals surface area (Å²) < 4.78 is 22.0. The number of carbonyl (C=O) groups is 1. The summed E-state index contributed by atoms with van der Waals surface area (Å²) in [4.78, 5) is 14.3. The van der Waals surface area contributed by atoms with Crippen LogP contribution in [-0.2, 0) is 11.3 Å². The molecule has 4 rings (SSSR count). The summed E-state index contributed by atoms with van der Waals surface area (Å²) in [5.41, 5.74) is 3.23. The van der Waals surface area contributed by atoms with Gasteiger partial charge in [-0.3, -0.25) is 4.79 Å². The second-order valence-corrected chi connectivity index (χ2v) is 7.98. The first kappa shape index (κ1) is 22.5. The maximum Gasteiger partial charge on any atom is 0.231 e. The third kappa shape index (κ3) is 5.22. The molecule has 3 aromatic rings. The van der Waals surface area contributed by atoms with Gasteiger partial charge < -0.3 is 23.8 Å². The van der Waals surface area contributed by atoms with E-state index in [2.05, 4.69) is 12.1 Å². The predicted octanol–water partition coefficient (Wildman–Crippen LogP) is 5.00. The highest BCUT2D eigenvalue weighted by atomic mass is 16.7. The van der Waals surface area contributed by atoms with Gasteiger partial charge in [0.25, 0.3) is 0 Å². The van der Waals surface area contributed by atoms with Gasteiger partial charge in [-0.15, -0.1) is 0 Å². The normalized spacial score (nSPS) is 12.8. The van der Waals surface area contributed by atoms with Crippen LogP contribution in [0.3, 0.4) is 0 Å². The lowest BCUT2D eigenvalue weighted by atomic mass is 9.87. The van der Waals surface area contributed by atoms with E-state index >= 15 is 0 Å². The van der Waals surface area contributed by atoms with Gasteiger partial charge in [0.15, 0.2) is 11.5 Å². The number of hydrogen-bond acceptors (Lipinski definition) is 5. The van der Waals surface area contributed by atoms with Gasteiger partial charge in [0.2, 0.25) is 12.7 Å². The highest BCUT2D eigenvalue weighted by Crippen LogP contribution is 2.40. The Morgan fingerprint density at radius 2 is 1.73 bits per heavy atom. The third-order valence-corrected chi connectivity index (χ3v) is 5.98. The van der Waals surface area contributed by atoms with Crippen LogP contribution in [-0.4, -0.2) is 38.4 Å². The molecule has 0 fully saturated rings. The number of amides is 1. The first-order chi connectivity index (χ1) is 16.1. The van der Waals surface area contributed by atoms with Gasteiger partial charge in [-0.2, -0.15) is 0 Å². The quantitative estimate of drug-likeness (QED) is 0.462. The topological polar surface area (TPSA) is 57.2 Å². The Labute approximate surface area is 194 Å². The predicted molar refractivity (Wildman–Crippen MR) is 126 cm³/mol. The number of ether oxygens (including phenoxy) is 4. The fourth-order valence-electron chi connectivity index (χ4n) is 4.17. The van der Waals surface area contributed by atoms with Crippen LogP contribution in [0.4, 0.5) is 0 Å². The summed E-state index contributed by atoms with van der Waals surface area (Å²) in [5.74, 6) is 3.18. The average Bonchev–Trinajstić information content (AvgIpc) is 3.32. The lowest BCUT2D eigenvalue weighted by Gasteiger charge is -2.26. The number of carbonyl (C=O) groups excluding carboxylic acids is 1. The number of methoxy groups -OCH3 is 2. The summed E-state index contributed by atoms with van der Waals surface area (Å²) in [5, 5.41) is 0. The molecule has 1 amide bonds. The summed E-state index contributed by atoms with van der Waals surface area (Å²) in [6.07, 6.45) is 0.732. The Morgan fingerprint density at radius 3 is 2.45 bits per heavy atom. The minimum absolute atomic E-state index is 0.0216. The molecule has 0 N–H and O–H groups in total. The summed E-state index contributed by atoms with van der Waals surface area (Å²) in [6.45, 7) is 2.98. The van der Waals surface area contributed by atoms with Crippen LogP contribution in [0.1, 0.15) is 36.0 Å². The Balaban J connectivity index is 1.59. The fourth-order valence-corrected chi connectivity index (χ4v) is 4.17. The van der Waals surface area contributed by atoms with Gasteiger partial charge in [0.05, 0.1) is 14.2 Å². The molecule has 3 aromatic carbocycles. The van der Waals surface area contributed by atoms with Gasteiger partial charge in [-0.1, -0.05) is 36.4 Å². The first-order valence-corrected chi connectivity index (χ1v) is 11.0. The van der Waals surface area contributed by atoms with E-state index in [1.807, 2.05) is 59.5 Å². The van der Waals surface area contributed by atoms with Gasteiger partial charge in [-0.25, -0.2) is 0 Å². The molecule has 1 aliphatic rings. The second kappa shape index (κ2) is 10.3. The Morgan fingerprint density at radius 1 is 0.970 bits per heavy atom. The molecule has 1 atom stereocenters. The number of hydrogen-bond donors (Lipinski definition) is 0. The van der Waals surface area contributed by atoms with Gasteiger partial charge >= 0.3 is 0 Å². The van der Waals surface area contributed by atoms with Crippen molar-refractivity contribution in [1.82, 2.24) is 4.90 Å². The highest BCUT2D eigenvalue weighted by Gasteiger charge is 2.23. The van der Waals surface area contributed by atoms with Crippen molar-refractivity contribution in [2.75, 3.05) is 27.6 Å². The maximum absolute atomic E-state index is 12.5. The third-order valence-electron chi connectivity index (χ3n) is 5.98. The van der Waals surface area contributed by atoms with Crippen LogP contribution in [0.5, 0.6) is 23.0 Å². The number of benzene rings is 3. The minimum Gasteiger partial charge on any atom is -0.497 e. The van der Waals surface area contributed by atoms with Crippen molar-refractivity contribution in [2.24, 2.45) is 0 Å². The van der Waals surface area contributed by atoms with E-state index in [1.54, 1.807) is 21.1 Å². The minimum atomic E-state index is 0.0216. The first-order valence-electron chi connectivity index (χ1n) is 11.0. The Bertz CT molecular complexity index is 1100. The van der Waals surface area contributed by atoms with E-state index in [1.165, 1.54) is 0 Å². The molecule has 0 saturated heterocycles. The molecule has 0 unspecified atom stereocenters. The molecule has 172 valence electrons. The van der Waals surface area contributed by atoms with Crippen LogP contribution in [0.2, 0.25) is 0 Å². The van der Waals surface area contributed by atoms with Crippen molar-refractivity contribution in [1.29, 1.82) is 0 Å². The fraction of sp³-hybridized carbons (Fsp3) is 0.296. The van der Waals surface area contributed by atoms with Crippen LogP contribution in [0, 0.1) is 0 Å². The van der Waals surface area contributed by atoms with E-state index in [0.717, 1.165) is 46.1 Å². The molecule has 6 heteroatoms. The van der Waals surface area contributed by atoms with Crippen molar-refractivity contribution < 1.29 is 23.7 Å². The second-order valence-electron chi connectivity index (χ2n) is 7.98. The van der Waals surface area contributed by atoms with Crippen molar-refractivity contribution in [3.05, 3.63) is 83.4 Å². The van der Waals surface area contributed by atoms with Crippen LogP contribution in [0.15, 0.2) is 66.7 Å². The van der Waals surface area contributed by atoms with E-state index in [-0.39, 0.29) is 18.6 Å². The van der Waals surface area contributed by atoms with E-state index in [9.17, 15) is 4.79 Å². The molecule has 1 heterocycles. The zero-order valence-corrected chi connectivity index (χ0v) is 19.2. The van der Waals surface area contributed by atoms with Gasteiger partial charge in [-0.05, 0) is 47.9 Å². The Hall–Kier alpha value is -3.67.